The summed E-state index contributed by atoms with van der Waals surface area (Å²) in [7, 11) is 0. The molecule has 0 aliphatic rings. The Labute approximate surface area is 239 Å². The molecule has 0 unspecified atom stereocenters. The van der Waals surface area contributed by atoms with E-state index in [1.165, 1.54) is 76.4 Å². The first-order chi connectivity index (χ1) is 20.3. The van der Waals surface area contributed by atoms with Crippen LogP contribution in [0.25, 0.3) is 76.4 Å². The molecule has 0 saturated heterocycles. The summed E-state index contributed by atoms with van der Waals surface area (Å²) in [6.45, 7) is 6.31. The van der Waals surface area contributed by atoms with Crippen LogP contribution in [0.5, 0.6) is 0 Å². The van der Waals surface area contributed by atoms with Crippen molar-refractivity contribution in [2.75, 3.05) is 0 Å². The first-order valence-electron chi connectivity index (χ1n) is 14.6. The highest BCUT2D eigenvalue weighted by Crippen LogP contribution is 2.44. The van der Waals surface area contributed by atoms with Gasteiger partial charge in [-0.05, 0) is 81.2 Å². The van der Waals surface area contributed by atoms with Gasteiger partial charge in [-0.1, -0.05) is 97.1 Å². The zero-order valence-electron chi connectivity index (χ0n) is 23.4. The molecule has 0 saturated carbocycles. The summed E-state index contributed by atoms with van der Waals surface area (Å²) in [4.78, 5) is 0. The predicted octanol–water partition coefficient (Wildman–Crippen LogP) is 9.92. The third kappa shape index (κ3) is 3.54. The van der Waals surface area contributed by atoms with Crippen LogP contribution in [-0.2, 0) is 13.1 Å². The summed E-state index contributed by atoms with van der Waals surface area (Å²) in [6.07, 6.45) is 2.32. The van der Waals surface area contributed by atoms with Gasteiger partial charge in [0.15, 0.2) is 11.0 Å². The molecule has 0 bridgehead atoms. The maximum Gasteiger partial charge on any atom is 0.244 e. The summed E-state index contributed by atoms with van der Waals surface area (Å²) in [5.74, 6) is 0. The topological polar surface area (TPSA) is 8.81 Å². The molecule has 0 aliphatic carbocycles. The minimum Gasteiger partial charge on any atom is -0.230 e. The molecule has 0 fully saturated rings. The Morgan fingerprint density at radius 2 is 0.927 bits per heavy atom. The van der Waals surface area contributed by atoms with Gasteiger partial charge in [0.2, 0.25) is 6.33 Å². The minimum atomic E-state index is 0.902. The SMILES string of the molecule is CCn1c[n+](CC)c2c(-c3c4ccccc4cc4ccccc34)ccc(-c3c4ccccc4cc4ccccc34)c21. The van der Waals surface area contributed by atoms with Crippen molar-refractivity contribution < 1.29 is 4.57 Å². The largest absolute Gasteiger partial charge is 0.244 e. The van der Waals surface area contributed by atoms with Crippen molar-refractivity contribution in [1.29, 1.82) is 0 Å². The van der Waals surface area contributed by atoms with Crippen molar-refractivity contribution in [3.8, 4) is 22.3 Å². The van der Waals surface area contributed by atoms with Crippen LogP contribution in [-0.4, -0.2) is 4.57 Å². The van der Waals surface area contributed by atoms with Gasteiger partial charge in [0.25, 0.3) is 0 Å². The summed E-state index contributed by atoms with van der Waals surface area (Å²) in [5.41, 5.74) is 7.80. The number of benzene rings is 7. The molecule has 0 spiro atoms. The maximum absolute atomic E-state index is 2.45. The second-order valence-electron chi connectivity index (χ2n) is 10.9. The van der Waals surface area contributed by atoms with Crippen molar-refractivity contribution >= 4 is 54.1 Å². The minimum absolute atomic E-state index is 0.902. The molecular weight excluding hydrogens is 496 g/mol. The zero-order chi connectivity index (χ0) is 27.5. The molecule has 0 radical (unpaired) electrons. The van der Waals surface area contributed by atoms with E-state index < -0.39 is 0 Å². The standard InChI is InChI=1S/C39H31N2/c1-3-40-25-41(4-2)39-35(37-32-19-11-7-15-28(32)24-29-16-8-12-20-33(29)37)22-21-34(38(39)40)36-30-17-9-5-13-26(30)23-27-14-6-10-18-31(27)36/h5-25H,3-4H2,1-2H3/q+1. The summed E-state index contributed by atoms with van der Waals surface area (Å²) >= 11 is 0. The van der Waals surface area contributed by atoms with Gasteiger partial charge in [-0.2, -0.15) is 0 Å². The highest BCUT2D eigenvalue weighted by atomic mass is 15.1. The number of aryl methyl sites for hydroxylation is 2. The van der Waals surface area contributed by atoms with Crippen molar-refractivity contribution in [3.63, 3.8) is 0 Å². The van der Waals surface area contributed by atoms with Gasteiger partial charge >= 0.3 is 0 Å². The molecule has 2 heteroatoms. The first-order valence-corrected chi connectivity index (χ1v) is 14.6. The van der Waals surface area contributed by atoms with Crippen molar-refractivity contribution in [1.82, 2.24) is 4.57 Å². The third-order valence-corrected chi connectivity index (χ3v) is 8.77. The Kier molecular flexibility index (Phi) is 5.43. The lowest BCUT2D eigenvalue weighted by Crippen LogP contribution is -2.30. The molecule has 7 aromatic carbocycles. The van der Waals surface area contributed by atoms with E-state index in [1.54, 1.807) is 0 Å². The van der Waals surface area contributed by atoms with Crippen LogP contribution in [0.15, 0.2) is 128 Å². The van der Waals surface area contributed by atoms with E-state index in [0.29, 0.717) is 0 Å². The molecule has 0 N–H and O–H groups in total. The normalized spacial score (nSPS) is 11.9. The molecule has 8 rings (SSSR count). The van der Waals surface area contributed by atoms with Crippen LogP contribution < -0.4 is 4.57 Å². The van der Waals surface area contributed by atoms with Crippen LogP contribution in [0.3, 0.4) is 0 Å². The van der Waals surface area contributed by atoms with E-state index in [1.807, 2.05) is 0 Å². The van der Waals surface area contributed by atoms with Crippen molar-refractivity contribution in [3.05, 3.63) is 128 Å². The summed E-state index contributed by atoms with van der Waals surface area (Å²) < 4.78 is 4.89. The van der Waals surface area contributed by atoms with Crippen LogP contribution in [0.1, 0.15) is 13.8 Å². The molecule has 0 amide bonds. The fourth-order valence-corrected chi connectivity index (χ4v) is 6.94. The van der Waals surface area contributed by atoms with Crippen LogP contribution in [0.4, 0.5) is 0 Å². The van der Waals surface area contributed by atoms with Crippen LogP contribution in [0, 0.1) is 0 Å². The first kappa shape index (κ1) is 23.9. The quantitative estimate of drug-likeness (QED) is 0.159. The lowest BCUT2D eigenvalue weighted by molar-refractivity contribution is -0.668. The van der Waals surface area contributed by atoms with Gasteiger partial charge < -0.3 is 0 Å². The lowest BCUT2D eigenvalue weighted by atomic mass is 9.87. The summed E-state index contributed by atoms with van der Waals surface area (Å²) in [5, 5.41) is 10.3. The van der Waals surface area contributed by atoms with E-state index in [9.17, 15) is 0 Å². The van der Waals surface area contributed by atoms with E-state index in [0.717, 1.165) is 13.1 Å². The van der Waals surface area contributed by atoms with Crippen LogP contribution in [0.2, 0.25) is 0 Å². The molecule has 196 valence electrons. The summed E-state index contributed by atoms with van der Waals surface area (Å²) in [6, 6.07) is 44.7. The molecule has 8 aromatic rings. The Morgan fingerprint density at radius 3 is 1.37 bits per heavy atom. The van der Waals surface area contributed by atoms with Crippen LogP contribution >= 0.6 is 0 Å². The second kappa shape index (κ2) is 9.31. The highest BCUT2D eigenvalue weighted by Gasteiger charge is 2.26. The van der Waals surface area contributed by atoms with Crippen molar-refractivity contribution in [2.45, 2.75) is 26.9 Å². The molecule has 1 aromatic heterocycles. The number of hydrogen-bond acceptors (Lipinski definition) is 0. The van der Waals surface area contributed by atoms with E-state index in [4.69, 9.17) is 0 Å². The lowest BCUT2D eigenvalue weighted by Gasteiger charge is -2.16. The second-order valence-corrected chi connectivity index (χ2v) is 10.9. The van der Waals surface area contributed by atoms with E-state index in [2.05, 4.69) is 151 Å². The number of hydrogen-bond donors (Lipinski definition) is 0. The fourth-order valence-electron chi connectivity index (χ4n) is 6.94. The molecule has 1 heterocycles. The fraction of sp³-hybridized carbons (Fsp3) is 0.103. The molecule has 0 atom stereocenters. The van der Waals surface area contributed by atoms with Crippen molar-refractivity contribution in [2.24, 2.45) is 0 Å². The average Bonchev–Trinajstić information content (AvgIpc) is 3.41. The number of imidazole rings is 1. The molecule has 2 nitrogen and oxygen atoms in total. The third-order valence-electron chi connectivity index (χ3n) is 8.77. The monoisotopic (exact) mass is 527 g/mol. The zero-order valence-corrected chi connectivity index (χ0v) is 23.4. The van der Waals surface area contributed by atoms with E-state index >= 15 is 0 Å². The number of nitrogens with zero attached hydrogens (tertiary/aromatic N) is 2. The molecule has 41 heavy (non-hydrogen) atoms. The van der Waals surface area contributed by atoms with Gasteiger partial charge in [0.05, 0.1) is 13.1 Å². The Balaban J connectivity index is 1.57. The Hall–Kier alpha value is -4.95. The number of fused-ring (bicyclic) bond motifs is 5. The highest BCUT2D eigenvalue weighted by molar-refractivity contribution is 6.20. The van der Waals surface area contributed by atoms with Gasteiger partial charge in [0.1, 0.15) is 0 Å². The van der Waals surface area contributed by atoms with E-state index in [-0.39, 0.29) is 0 Å². The van der Waals surface area contributed by atoms with Gasteiger partial charge in [-0.15, -0.1) is 0 Å². The molecular formula is C39H31N2+. The Morgan fingerprint density at radius 1 is 0.512 bits per heavy atom. The average molecular weight is 528 g/mol. The predicted molar refractivity (Wildman–Crippen MR) is 174 cm³/mol. The number of aromatic nitrogens is 2. The Bertz CT molecular complexity index is 2020. The van der Waals surface area contributed by atoms with Gasteiger partial charge in [-0.25, -0.2) is 9.13 Å². The van der Waals surface area contributed by atoms with Gasteiger partial charge in [0, 0.05) is 22.3 Å². The number of rotatable bonds is 4. The molecule has 0 aliphatic heterocycles. The maximum atomic E-state index is 2.45. The smallest absolute Gasteiger partial charge is 0.230 e. The van der Waals surface area contributed by atoms with Gasteiger partial charge in [-0.3, -0.25) is 0 Å².